The first-order valence-electron chi connectivity index (χ1n) is 4.05. The van der Waals surface area contributed by atoms with Crippen molar-refractivity contribution in [1.29, 1.82) is 0 Å². The maximum Gasteiger partial charge on any atom is 0.336 e. The summed E-state index contributed by atoms with van der Waals surface area (Å²) in [6.45, 7) is 1.79. The van der Waals surface area contributed by atoms with Crippen molar-refractivity contribution in [2.24, 2.45) is 11.8 Å². The highest BCUT2D eigenvalue weighted by Crippen LogP contribution is 2.47. The number of carboxylic acids is 2. The highest BCUT2D eigenvalue weighted by atomic mass is 16.4. The number of aliphatic carboxylic acids is 2. The minimum Gasteiger partial charge on any atom is -0.481 e. The van der Waals surface area contributed by atoms with Crippen LogP contribution in [0.2, 0.25) is 0 Å². The monoisotopic (exact) mass is 188 g/mol. The van der Waals surface area contributed by atoms with Crippen molar-refractivity contribution in [2.45, 2.75) is 25.4 Å². The summed E-state index contributed by atoms with van der Waals surface area (Å²) in [5.41, 5.74) is -2.08. The summed E-state index contributed by atoms with van der Waals surface area (Å²) >= 11 is 0. The van der Waals surface area contributed by atoms with Crippen LogP contribution in [0.15, 0.2) is 0 Å². The molecule has 0 radical (unpaired) electrons. The molecule has 0 aliphatic heterocycles. The van der Waals surface area contributed by atoms with Gasteiger partial charge in [-0.25, -0.2) is 4.79 Å². The van der Waals surface area contributed by atoms with Gasteiger partial charge in [-0.1, -0.05) is 6.92 Å². The zero-order valence-corrected chi connectivity index (χ0v) is 7.23. The van der Waals surface area contributed by atoms with Crippen molar-refractivity contribution in [3.05, 3.63) is 0 Å². The molecule has 5 nitrogen and oxygen atoms in total. The van der Waals surface area contributed by atoms with E-state index in [0.29, 0.717) is 6.42 Å². The van der Waals surface area contributed by atoms with Crippen LogP contribution in [0.5, 0.6) is 0 Å². The zero-order chi connectivity index (χ0) is 10.2. The molecule has 1 rings (SSSR count). The lowest BCUT2D eigenvalue weighted by Crippen LogP contribution is -2.43. The summed E-state index contributed by atoms with van der Waals surface area (Å²) in [7, 11) is 0. The first kappa shape index (κ1) is 9.98. The van der Waals surface area contributed by atoms with E-state index in [4.69, 9.17) is 10.2 Å². The Kier molecular flexibility index (Phi) is 2.30. The standard InChI is InChI=1S/C8H12O5/c1-4-2-5(4)8(13,7(11)12)3-6(9)10/h4-5,13H,2-3H2,1H3,(H,9,10)(H,11,12). The Morgan fingerprint density at radius 1 is 1.46 bits per heavy atom. The zero-order valence-electron chi connectivity index (χ0n) is 7.23. The molecule has 3 unspecified atom stereocenters. The highest BCUT2D eigenvalue weighted by Gasteiger charge is 2.55. The van der Waals surface area contributed by atoms with Crippen molar-refractivity contribution in [3.8, 4) is 0 Å². The van der Waals surface area contributed by atoms with Crippen LogP contribution in [-0.2, 0) is 9.59 Å². The van der Waals surface area contributed by atoms with Crippen LogP contribution in [-0.4, -0.2) is 32.9 Å². The first-order valence-corrected chi connectivity index (χ1v) is 4.05. The van der Waals surface area contributed by atoms with Crippen molar-refractivity contribution in [1.82, 2.24) is 0 Å². The molecule has 0 aromatic carbocycles. The van der Waals surface area contributed by atoms with Gasteiger partial charge in [-0.3, -0.25) is 4.79 Å². The molecule has 3 N–H and O–H groups in total. The van der Waals surface area contributed by atoms with E-state index in [1.807, 2.05) is 0 Å². The largest absolute Gasteiger partial charge is 0.481 e. The van der Waals surface area contributed by atoms with Gasteiger partial charge in [0.2, 0.25) is 0 Å². The molecule has 0 saturated heterocycles. The second-order valence-electron chi connectivity index (χ2n) is 3.62. The third kappa shape index (κ3) is 1.80. The second kappa shape index (κ2) is 2.99. The fourth-order valence-corrected chi connectivity index (χ4v) is 1.58. The van der Waals surface area contributed by atoms with Gasteiger partial charge in [-0.05, 0) is 12.3 Å². The third-order valence-electron chi connectivity index (χ3n) is 2.51. The Labute approximate surface area is 75.0 Å². The fourth-order valence-electron chi connectivity index (χ4n) is 1.58. The van der Waals surface area contributed by atoms with Crippen LogP contribution in [0.25, 0.3) is 0 Å². The normalized spacial score (nSPS) is 30.6. The van der Waals surface area contributed by atoms with Gasteiger partial charge in [0, 0.05) is 5.92 Å². The predicted octanol–water partition coefficient (Wildman–Crippen LogP) is -0.0672. The molecule has 74 valence electrons. The lowest BCUT2D eigenvalue weighted by atomic mass is 9.93. The Hall–Kier alpha value is -1.10. The number of carboxylic acid groups (broad SMARTS) is 2. The van der Waals surface area contributed by atoms with Gasteiger partial charge < -0.3 is 15.3 Å². The van der Waals surface area contributed by atoms with Crippen LogP contribution in [0.4, 0.5) is 0 Å². The molecule has 0 spiro atoms. The molecule has 1 aliphatic rings. The van der Waals surface area contributed by atoms with Gasteiger partial charge >= 0.3 is 11.9 Å². The average Bonchev–Trinajstić information content (AvgIpc) is 2.65. The van der Waals surface area contributed by atoms with Crippen LogP contribution in [0.1, 0.15) is 19.8 Å². The Morgan fingerprint density at radius 2 is 1.92 bits per heavy atom. The quantitative estimate of drug-likeness (QED) is 0.574. The average molecular weight is 188 g/mol. The molecule has 0 aromatic heterocycles. The molecular formula is C8H12O5. The molecule has 13 heavy (non-hydrogen) atoms. The number of rotatable bonds is 4. The summed E-state index contributed by atoms with van der Waals surface area (Å²) in [6, 6.07) is 0. The summed E-state index contributed by atoms with van der Waals surface area (Å²) in [4.78, 5) is 21.0. The fraction of sp³-hybridized carbons (Fsp3) is 0.750. The highest BCUT2D eigenvalue weighted by molar-refractivity contribution is 5.84. The molecule has 1 saturated carbocycles. The van der Waals surface area contributed by atoms with E-state index >= 15 is 0 Å². The predicted molar refractivity (Wildman–Crippen MR) is 42.1 cm³/mol. The van der Waals surface area contributed by atoms with Gasteiger partial charge in [0.1, 0.15) is 0 Å². The van der Waals surface area contributed by atoms with E-state index in [1.54, 1.807) is 6.92 Å². The van der Waals surface area contributed by atoms with E-state index in [2.05, 4.69) is 0 Å². The lowest BCUT2D eigenvalue weighted by molar-refractivity contribution is -0.168. The molecule has 3 atom stereocenters. The SMILES string of the molecule is CC1CC1C(O)(CC(=O)O)C(=O)O. The minimum atomic E-state index is -2.08. The molecular weight excluding hydrogens is 176 g/mol. The molecule has 0 aromatic rings. The van der Waals surface area contributed by atoms with Gasteiger partial charge in [-0.2, -0.15) is 0 Å². The summed E-state index contributed by atoms with van der Waals surface area (Å²) in [6.07, 6.45) is -0.145. The molecule has 0 bridgehead atoms. The molecule has 5 heteroatoms. The Bertz CT molecular complexity index is 249. The number of hydrogen-bond acceptors (Lipinski definition) is 3. The van der Waals surface area contributed by atoms with Crippen LogP contribution >= 0.6 is 0 Å². The van der Waals surface area contributed by atoms with Crippen molar-refractivity contribution in [3.63, 3.8) is 0 Å². The van der Waals surface area contributed by atoms with Crippen molar-refractivity contribution in [2.75, 3.05) is 0 Å². The van der Waals surface area contributed by atoms with Crippen LogP contribution in [0.3, 0.4) is 0 Å². The van der Waals surface area contributed by atoms with Gasteiger partial charge in [0.15, 0.2) is 5.60 Å². The first-order chi connectivity index (χ1) is 5.88. The molecule has 1 aliphatic carbocycles. The number of aliphatic hydroxyl groups is 1. The van der Waals surface area contributed by atoms with E-state index in [9.17, 15) is 14.7 Å². The Morgan fingerprint density at radius 3 is 2.15 bits per heavy atom. The van der Waals surface area contributed by atoms with Gasteiger partial charge in [0.25, 0.3) is 0 Å². The minimum absolute atomic E-state index is 0.0976. The topological polar surface area (TPSA) is 94.8 Å². The van der Waals surface area contributed by atoms with Crippen molar-refractivity contribution >= 4 is 11.9 Å². The smallest absolute Gasteiger partial charge is 0.336 e. The van der Waals surface area contributed by atoms with E-state index < -0.39 is 29.9 Å². The third-order valence-corrected chi connectivity index (χ3v) is 2.51. The van der Waals surface area contributed by atoms with E-state index in [0.717, 1.165) is 0 Å². The van der Waals surface area contributed by atoms with Crippen LogP contribution < -0.4 is 0 Å². The molecule has 1 fully saturated rings. The lowest BCUT2D eigenvalue weighted by Gasteiger charge is -2.21. The van der Waals surface area contributed by atoms with Crippen LogP contribution in [0, 0.1) is 11.8 Å². The van der Waals surface area contributed by atoms with E-state index in [-0.39, 0.29) is 5.92 Å². The molecule has 0 amide bonds. The maximum absolute atomic E-state index is 10.7. The molecule has 0 heterocycles. The number of hydrogen-bond donors (Lipinski definition) is 3. The van der Waals surface area contributed by atoms with Gasteiger partial charge in [-0.15, -0.1) is 0 Å². The number of carbonyl (C=O) groups is 2. The summed E-state index contributed by atoms with van der Waals surface area (Å²) < 4.78 is 0. The van der Waals surface area contributed by atoms with E-state index in [1.165, 1.54) is 0 Å². The summed E-state index contributed by atoms with van der Waals surface area (Å²) in [5, 5.41) is 26.7. The summed E-state index contributed by atoms with van der Waals surface area (Å²) in [5.74, 6) is -3.05. The van der Waals surface area contributed by atoms with Crippen molar-refractivity contribution < 1.29 is 24.9 Å². The van der Waals surface area contributed by atoms with Gasteiger partial charge in [0.05, 0.1) is 6.42 Å². The Balaban J connectivity index is 2.75. The maximum atomic E-state index is 10.7. The second-order valence-corrected chi connectivity index (χ2v) is 3.62.